The van der Waals surface area contributed by atoms with E-state index < -0.39 is 0 Å². The first kappa shape index (κ1) is 21.6. The second kappa shape index (κ2) is 9.63. The van der Waals surface area contributed by atoms with Crippen molar-refractivity contribution >= 4 is 40.7 Å². The van der Waals surface area contributed by atoms with Crippen LogP contribution in [-0.4, -0.2) is 37.8 Å². The van der Waals surface area contributed by atoms with E-state index in [9.17, 15) is 4.79 Å². The van der Waals surface area contributed by atoms with Gasteiger partial charge in [-0.3, -0.25) is 9.69 Å². The van der Waals surface area contributed by atoms with Gasteiger partial charge in [0.2, 0.25) is 0 Å². The first-order valence-electron chi connectivity index (χ1n) is 10.0. The fraction of sp³-hybridized carbons (Fsp3) is 0.304. The van der Waals surface area contributed by atoms with Gasteiger partial charge < -0.3 is 19.7 Å². The van der Waals surface area contributed by atoms with Crippen LogP contribution >= 0.6 is 12.2 Å². The molecular formula is C23H27N3O3S. The molecule has 1 amide bonds. The van der Waals surface area contributed by atoms with Crippen molar-refractivity contribution in [2.45, 2.75) is 20.8 Å². The van der Waals surface area contributed by atoms with E-state index in [-0.39, 0.29) is 5.91 Å². The average Bonchev–Trinajstić information content (AvgIpc) is 3.04. The van der Waals surface area contributed by atoms with E-state index in [1.165, 1.54) is 4.90 Å². The lowest BCUT2D eigenvalue weighted by Gasteiger charge is -2.22. The number of hydrogen-bond donors (Lipinski definition) is 1. The van der Waals surface area contributed by atoms with Crippen LogP contribution in [0.3, 0.4) is 0 Å². The van der Waals surface area contributed by atoms with Gasteiger partial charge >= 0.3 is 0 Å². The lowest BCUT2D eigenvalue weighted by atomic mass is 10.1. The predicted octanol–water partition coefficient (Wildman–Crippen LogP) is 4.20. The van der Waals surface area contributed by atoms with Crippen molar-refractivity contribution in [1.82, 2.24) is 5.32 Å². The predicted molar refractivity (Wildman–Crippen MR) is 125 cm³/mol. The summed E-state index contributed by atoms with van der Waals surface area (Å²) in [5, 5.41) is 3.37. The highest BCUT2D eigenvalue weighted by Crippen LogP contribution is 2.30. The van der Waals surface area contributed by atoms with Crippen LogP contribution in [0.4, 0.5) is 11.4 Å². The molecule has 0 saturated carbocycles. The summed E-state index contributed by atoms with van der Waals surface area (Å²) in [6.07, 6.45) is 1.79. The number of benzene rings is 2. The largest absolute Gasteiger partial charge is 0.497 e. The smallest absolute Gasteiger partial charge is 0.281 e. The maximum atomic E-state index is 13.0. The van der Waals surface area contributed by atoms with Gasteiger partial charge in [-0.1, -0.05) is 0 Å². The maximum absolute atomic E-state index is 13.0. The minimum absolute atomic E-state index is 0.208. The van der Waals surface area contributed by atoms with E-state index >= 15 is 0 Å². The fourth-order valence-electron chi connectivity index (χ4n) is 3.36. The maximum Gasteiger partial charge on any atom is 0.281 e. The molecule has 1 aliphatic heterocycles. The summed E-state index contributed by atoms with van der Waals surface area (Å²) in [4.78, 5) is 16.8. The number of nitrogens with one attached hydrogen (secondary N) is 1. The first-order valence-corrected chi connectivity index (χ1v) is 10.5. The molecule has 0 unspecified atom stereocenters. The minimum Gasteiger partial charge on any atom is -0.497 e. The van der Waals surface area contributed by atoms with Crippen LogP contribution in [0.1, 0.15) is 26.3 Å². The molecule has 1 saturated heterocycles. The van der Waals surface area contributed by atoms with E-state index in [1.54, 1.807) is 37.5 Å². The molecule has 0 bridgehead atoms. The summed E-state index contributed by atoms with van der Waals surface area (Å²) < 4.78 is 11.0. The van der Waals surface area contributed by atoms with Crippen molar-refractivity contribution in [1.29, 1.82) is 0 Å². The number of thiocarbonyl (C=S) groups is 1. The molecule has 1 heterocycles. The van der Waals surface area contributed by atoms with Crippen molar-refractivity contribution < 1.29 is 14.3 Å². The number of carbonyl (C=O) groups is 1. The summed E-state index contributed by atoms with van der Waals surface area (Å²) in [7, 11) is 1.60. The molecule has 1 N–H and O–H groups in total. The third-order valence-electron chi connectivity index (χ3n) is 4.93. The Morgan fingerprint density at radius 3 is 2.40 bits per heavy atom. The van der Waals surface area contributed by atoms with Gasteiger partial charge in [-0.15, -0.1) is 0 Å². The van der Waals surface area contributed by atoms with Crippen LogP contribution in [0.25, 0.3) is 6.08 Å². The monoisotopic (exact) mass is 425 g/mol. The number of carbonyl (C=O) groups excluding carboxylic acids is 1. The number of hydrogen-bond acceptors (Lipinski definition) is 5. The normalized spacial score (nSPS) is 14.8. The minimum atomic E-state index is -0.208. The Morgan fingerprint density at radius 1 is 1.10 bits per heavy atom. The molecule has 0 radical (unpaired) electrons. The Labute approximate surface area is 183 Å². The topological polar surface area (TPSA) is 54.0 Å². The van der Waals surface area contributed by atoms with Gasteiger partial charge in [-0.05, 0) is 75.5 Å². The molecule has 7 heteroatoms. The Morgan fingerprint density at radius 2 is 1.80 bits per heavy atom. The van der Waals surface area contributed by atoms with Crippen molar-refractivity contribution in [2.75, 3.05) is 36.6 Å². The average molecular weight is 426 g/mol. The number of amides is 1. The van der Waals surface area contributed by atoms with Crippen LogP contribution in [0.5, 0.6) is 11.5 Å². The number of anilines is 2. The molecule has 1 fully saturated rings. The molecule has 0 aliphatic carbocycles. The first-order chi connectivity index (χ1) is 14.5. The second-order valence-corrected chi connectivity index (χ2v) is 7.04. The lowest BCUT2D eigenvalue weighted by Crippen LogP contribution is -2.30. The van der Waals surface area contributed by atoms with Crippen molar-refractivity contribution in [2.24, 2.45) is 0 Å². The highest BCUT2D eigenvalue weighted by molar-refractivity contribution is 7.80. The lowest BCUT2D eigenvalue weighted by molar-refractivity contribution is -0.113. The zero-order valence-electron chi connectivity index (χ0n) is 17.8. The standard InChI is InChI=1S/C23H27N3O3S/c1-5-25(6-2)18-9-8-16(21(15-18)29-7-3)14-20-22(27)26(23(30)24-20)17-10-12-19(28-4)13-11-17/h8-15H,5-7H2,1-4H3,(H,24,30)/b20-14+. The summed E-state index contributed by atoms with van der Waals surface area (Å²) in [6, 6.07) is 13.2. The zero-order valence-corrected chi connectivity index (χ0v) is 18.6. The Kier molecular flexibility index (Phi) is 6.95. The Hall–Kier alpha value is -3.06. The molecule has 0 aromatic heterocycles. The van der Waals surface area contributed by atoms with E-state index in [0.29, 0.717) is 23.1 Å². The van der Waals surface area contributed by atoms with E-state index in [0.717, 1.165) is 35.8 Å². The van der Waals surface area contributed by atoms with E-state index in [2.05, 4.69) is 24.1 Å². The molecule has 158 valence electrons. The molecule has 0 spiro atoms. The highest BCUT2D eigenvalue weighted by Gasteiger charge is 2.32. The molecule has 0 atom stereocenters. The van der Waals surface area contributed by atoms with Gasteiger partial charge in [0.1, 0.15) is 17.2 Å². The molecule has 30 heavy (non-hydrogen) atoms. The third-order valence-corrected chi connectivity index (χ3v) is 5.22. The van der Waals surface area contributed by atoms with E-state index in [4.69, 9.17) is 21.7 Å². The molecule has 3 rings (SSSR count). The van der Waals surface area contributed by atoms with Crippen molar-refractivity contribution in [3.8, 4) is 11.5 Å². The van der Waals surface area contributed by atoms with Gasteiger partial charge in [0.25, 0.3) is 5.91 Å². The number of methoxy groups -OCH3 is 1. The van der Waals surface area contributed by atoms with Crippen LogP contribution < -0.4 is 24.6 Å². The van der Waals surface area contributed by atoms with Gasteiger partial charge in [0.05, 0.1) is 19.4 Å². The molecule has 2 aromatic carbocycles. The SMILES string of the molecule is CCOc1cc(N(CC)CC)ccc1/C=C1/NC(=S)N(c2ccc(OC)cc2)C1=O. The van der Waals surface area contributed by atoms with Crippen molar-refractivity contribution in [3.05, 3.63) is 53.7 Å². The number of nitrogens with zero attached hydrogens (tertiary/aromatic N) is 2. The summed E-state index contributed by atoms with van der Waals surface area (Å²) >= 11 is 5.41. The third kappa shape index (κ3) is 4.41. The van der Waals surface area contributed by atoms with E-state index in [1.807, 2.05) is 25.1 Å². The van der Waals surface area contributed by atoms with Gasteiger partial charge in [-0.2, -0.15) is 0 Å². The van der Waals surface area contributed by atoms with Crippen LogP contribution in [0.15, 0.2) is 48.2 Å². The Balaban J connectivity index is 1.92. The second-order valence-electron chi connectivity index (χ2n) is 6.65. The van der Waals surface area contributed by atoms with Gasteiger partial charge in [0.15, 0.2) is 5.11 Å². The fourth-order valence-corrected chi connectivity index (χ4v) is 3.66. The van der Waals surface area contributed by atoms with Gasteiger partial charge in [0, 0.05) is 30.4 Å². The summed E-state index contributed by atoms with van der Waals surface area (Å²) in [6.45, 7) is 8.54. The Bertz CT molecular complexity index is 953. The van der Waals surface area contributed by atoms with Crippen LogP contribution in [0.2, 0.25) is 0 Å². The zero-order chi connectivity index (χ0) is 21.7. The number of ether oxygens (including phenoxy) is 2. The quantitative estimate of drug-likeness (QED) is 0.505. The van der Waals surface area contributed by atoms with Crippen molar-refractivity contribution in [3.63, 3.8) is 0 Å². The summed E-state index contributed by atoms with van der Waals surface area (Å²) in [5.41, 5.74) is 3.01. The molecule has 1 aliphatic rings. The summed E-state index contributed by atoms with van der Waals surface area (Å²) in [5.74, 6) is 1.24. The highest BCUT2D eigenvalue weighted by atomic mass is 32.1. The van der Waals surface area contributed by atoms with Crippen LogP contribution in [0, 0.1) is 0 Å². The van der Waals surface area contributed by atoms with Gasteiger partial charge in [-0.25, -0.2) is 0 Å². The molecule has 2 aromatic rings. The number of rotatable bonds is 8. The van der Waals surface area contributed by atoms with Crippen LogP contribution in [-0.2, 0) is 4.79 Å². The molecular weight excluding hydrogens is 398 g/mol. The molecule has 6 nitrogen and oxygen atoms in total.